The van der Waals surface area contributed by atoms with Crippen molar-refractivity contribution in [2.45, 2.75) is 37.7 Å². The fourth-order valence-electron chi connectivity index (χ4n) is 4.55. The molecule has 0 spiro atoms. The number of ketones is 2. The first kappa shape index (κ1) is 28.4. The van der Waals surface area contributed by atoms with E-state index < -0.39 is 23.4 Å². The highest BCUT2D eigenvalue weighted by Gasteiger charge is 2.41. The molecule has 3 aromatic carbocycles. The van der Waals surface area contributed by atoms with E-state index in [4.69, 9.17) is 9.47 Å². The second kappa shape index (κ2) is 12.0. The van der Waals surface area contributed by atoms with Crippen LogP contribution in [0.3, 0.4) is 0 Å². The number of hydrogen-bond acceptors (Lipinski definition) is 6. The Morgan fingerprint density at radius 2 is 1.67 bits per heavy atom. The number of hydrogen-bond donors (Lipinski definition) is 0. The van der Waals surface area contributed by atoms with Gasteiger partial charge in [0.1, 0.15) is 17.3 Å². The quantitative estimate of drug-likeness (QED) is 0.225. The summed E-state index contributed by atoms with van der Waals surface area (Å²) in [6.07, 6.45) is 1.66. The van der Waals surface area contributed by atoms with Crippen molar-refractivity contribution in [3.8, 4) is 11.5 Å². The molecule has 0 saturated carbocycles. The second-order valence-electron chi connectivity index (χ2n) is 10.2. The summed E-state index contributed by atoms with van der Waals surface area (Å²) in [5.41, 5.74) is -0.124. The van der Waals surface area contributed by atoms with Crippen LogP contribution in [-0.2, 0) is 11.2 Å². The minimum atomic E-state index is -1.08. The van der Waals surface area contributed by atoms with Crippen molar-refractivity contribution in [2.24, 2.45) is 11.8 Å². The standard InChI is InChI=1S/C31H32FNO5S/c1-20(34)31(2,3)38-25-13-10-22(28(32)17-25)16-23-18-33(30(36)37-24-8-6-5-7-9-24)19-27(23)29(35)21-11-14-26(39-4)15-12-21/h5-15,17,23,27H,16,18-19H2,1-4H3/t23-,27-/m0/s1. The number of ether oxygens (including phenoxy) is 2. The predicted molar refractivity (Wildman–Crippen MR) is 149 cm³/mol. The second-order valence-corrected chi connectivity index (χ2v) is 11.1. The molecule has 6 nitrogen and oxygen atoms in total. The summed E-state index contributed by atoms with van der Waals surface area (Å²) < 4.78 is 26.4. The summed E-state index contributed by atoms with van der Waals surface area (Å²) >= 11 is 1.59. The van der Waals surface area contributed by atoms with Crippen molar-refractivity contribution < 1.29 is 28.2 Å². The van der Waals surface area contributed by atoms with Gasteiger partial charge in [0.05, 0.1) is 0 Å². The molecule has 0 aliphatic carbocycles. The summed E-state index contributed by atoms with van der Waals surface area (Å²) in [5, 5.41) is 0. The SMILES string of the molecule is CSc1ccc(C(=O)[C@H]2CN(C(=O)Oc3ccccc3)C[C@@H]2Cc2ccc(OC(C)(C)C(C)=O)cc2F)cc1. The molecule has 0 bridgehead atoms. The molecule has 0 radical (unpaired) electrons. The van der Waals surface area contributed by atoms with Crippen molar-refractivity contribution in [1.29, 1.82) is 0 Å². The van der Waals surface area contributed by atoms with Gasteiger partial charge in [-0.25, -0.2) is 9.18 Å². The monoisotopic (exact) mass is 549 g/mol. The average molecular weight is 550 g/mol. The van der Waals surface area contributed by atoms with Crippen LogP contribution in [0.1, 0.15) is 36.7 Å². The molecule has 1 aliphatic rings. The van der Waals surface area contributed by atoms with Gasteiger partial charge in [0, 0.05) is 35.5 Å². The number of amides is 1. The Balaban J connectivity index is 1.56. The van der Waals surface area contributed by atoms with Crippen LogP contribution in [0.25, 0.3) is 0 Å². The van der Waals surface area contributed by atoms with Gasteiger partial charge in [-0.1, -0.05) is 36.4 Å². The summed E-state index contributed by atoms with van der Waals surface area (Å²) in [5.74, 6) is -0.947. The molecule has 3 aromatic rings. The van der Waals surface area contributed by atoms with Crippen LogP contribution in [-0.4, -0.2) is 47.5 Å². The Morgan fingerprint density at radius 3 is 2.28 bits per heavy atom. The third kappa shape index (κ3) is 6.87. The molecular formula is C31H32FNO5S. The van der Waals surface area contributed by atoms with Gasteiger partial charge in [-0.2, -0.15) is 0 Å². The number of rotatable bonds is 9. The molecule has 1 amide bonds. The lowest BCUT2D eigenvalue weighted by Gasteiger charge is -2.24. The van der Waals surface area contributed by atoms with Crippen LogP contribution in [0.4, 0.5) is 9.18 Å². The molecule has 0 N–H and O–H groups in total. The van der Waals surface area contributed by atoms with Gasteiger partial charge in [0.15, 0.2) is 17.2 Å². The van der Waals surface area contributed by atoms with E-state index >= 15 is 4.39 Å². The molecule has 1 aliphatic heterocycles. The van der Waals surface area contributed by atoms with E-state index in [1.54, 1.807) is 74.1 Å². The minimum absolute atomic E-state index is 0.0915. The third-order valence-electron chi connectivity index (χ3n) is 7.09. The lowest BCUT2D eigenvalue weighted by Crippen LogP contribution is -2.36. The number of Topliss-reactive ketones (excluding diaryl/α,β-unsaturated/α-hetero) is 2. The molecule has 4 rings (SSSR count). The number of nitrogens with zero attached hydrogens (tertiary/aromatic N) is 1. The minimum Gasteiger partial charge on any atom is -0.480 e. The lowest BCUT2D eigenvalue weighted by atomic mass is 9.84. The van der Waals surface area contributed by atoms with Crippen molar-refractivity contribution in [2.75, 3.05) is 19.3 Å². The molecule has 1 saturated heterocycles. The van der Waals surface area contributed by atoms with Crippen LogP contribution in [0.5, 0.6) is 11.5 Å². The van der Waals surface area contributed by atoms with Gasteiger partial charge in [0.2, 0.25) is 0 Å². The Morgan fingerprint density at radius 1 is 0.974 bits per heavy atom. The molecule has 1 fully saturated rings. The zero-order chi connectivity index (χ0) is 28.2. The Labute approximate surface area is 232 Å². The highest BCUT2D eigenvalue weighted by molar-refractivity contribution is 7.98. The van der Waals surface area contributed by atoms with Crippen LogP contribution < -0.4 is 9.47 Å². The van der Waals surface area contributed by atoms with Crippen LogP contribution >= 0.6 is 11.8 Å². The first-order chi connectivity index (χ1) is 18.6. The van der Waals surface area contributed by atoms with E-state index in [0.717, 1.165) is 4.90 Å². The largest absolute Gasteiger partial charge is 0.480 e. The van der Waals surface area contributed by atoms with E-state index in [1.165, 1.54) is 17.9 Å². The highest BCUT2D eigenvalue weighted by atomic mass is 32.2. The van der Waals surface area contributed by atoms with Crippen molar-refractivity contribution in [3.05, 3.63) is 89.7 Å². The molecule has 1 heterocycles. The van der Waals surface area contributed by atoms with Gasteiger partial charge in [0.25, 0.3) is 0 Å². The Hall–Kier alpha value is -3.65. The summed E-state index contributed by atoms with van der Waals surface area (Å²) in [4.78, 5) is 40.9. The van der Waals surface area contributed by atoms with E-state index in [0.29, 0.717) is 16.9 Å². The van der Waals surface area contributed by atoms with E-state index in [2.05, 4.69) is 0 Å². The molecule has 8 heteroatoms. The number of halogens is 1. The fraction of sp³-hybridized carbons (Fsp3) is 0.323. The molecule has 0 unspecified atom stereocenters. The average Bonchev–Trinajstić information content (AvgIpc) is 3.34. The maximum atomic E-state index is 15.2. The zero-order valence-electron chi connectivity index (χ0n) is 22.5. The number of benzene rings is 3. The smallest absolute Gasteiger partial charge is 0.415 e. The number of carbonyl (C=O) groups excluding carboxylic acids is 3. The van der Waals surface area contributed by atoms with Crippen molar-refractivity contribution in [3.63, 3.8) is 0 Å². The number of thioether (sulfide) groups is 1. The highest BCUT2D eigenvalue weighted by Crippen LogP contribution is 2.33. The molecule has 204 valence electrons. The van der Waals surface area contributed by atoms with Crippen LogP contribution in [0.2, 0.25) is 0 Å². The summed E-state index contributed by atoms with van der Waals surface area (Å²) in [7, 11) is 0. The van der Waals surface area contributed by atoms with Gasteiger partial charge in [-0.3, -0.25) is 9.59 Å². The Bertz CT molecular complexity index is 1340. The number of carbonyl (C=O) groups is 3. The topological polar surface area (TPSA) is 72.9 Å². The van der Waals surface area contributed by atoms with E-state index in [1.807, 2.05) is 24.5 Å². The van der Waals surface area contributed by atoms with Crippen LogP contribution in [0, 0.1) is 17.7 Å². The van der Waals surface area contributed by atoms with Gasteiger partial charge < -0.3 is 14.4 Å². The van der Waals surface area contributed by atoms with Gasteiger partial charge in [-0.05, 0) is 75.3 Å². The maximum absolute atomic E-state index is 15.2. The van der Waals surface area contributed by atoms with Gasteiger partial charge >= 0.3 is 6.09 Å². The lowest BCUT2D eigenvalue weighted by molar-refractivity contribution is -0.129. The Kier molecular flexibility index (Phi) is 8.75. The molecular weight excluding hydrogens is 517 g/mol. The number of likely N-dealkylation sites (tertiary alicyclic amines) is 1. The predicted octanol–water partition coefficient (Wildman–Crippen LogP) is 6.47. The van der Waals surface area contributed by atoms with Crippen molar-refractivity contribution in [1.82, 2.24) is 4.90 Å². The summed E-state index contributed by atoms with van der Waals surface area (Å²) in [6.45, 7) is 5.11. The number of para-hydroxylation sites is 1. The first-order valence-electron chi connectivity index (χ1n) is 12.8. The zero-order valence-corrected chi connectivity index (χ0v) is 23.3. The molecule has 39 heavy (non-hydrogen) atoms. The molecule has 0 aromatic heterocycles. The maximum Gasteiger partial charge on any atom is 0.415 e. The fourth-order valence-corrected chi connectivity index (χ4v) is 4.96. The third-order valence-corrected chi connectivity index (χ3v) is 7.83. The molecule has 2 atom stereocenters. The van der Waals surface area contributed by atoms with E-state index in [-0.39, 0.29) is 42.7 Å². The summed E-state index contributed by atoms with van der Waals surface area (Å²) in [6, 6.07) is 20.6. The van der Waals surface area contributed by atoms with Crippen molar-refractivity contribution >= 4 is 29.4 Å². The first-order valence-corrected chi connectivity index (χ1v) is 14.0. The van der Waals surface area contributed by atoms with Gasteiger partial charge in [-0.15, -0.1) is 11.8 Å². The van der Waals surface area contributed by atoms with E-state index in [9.17, 15) is 14.4 Å². The normalized spacial score (nSPS) is 17.1. The van der Waals surface area contributed by atoms with Crippen LogP contribution in [0.15, 0.2) is 77.7 Å².